The highest BCUT2D eigenvalue weighted by Crippen LogP contribution is 2.39. The third-order valence-electron chi connectivity index (χ3n) is 3.94. The highest BCUT2D eigenvalue weighted by atomic mass is 35.5. The van der Waals surface area contributed by atoms with Crippen LogP contribution in [0.4, 0.5) is 0 Å². The van der Waals surface area contributed by atoms with Gasteiger partial charge in [0.25, 0.3) is 0 Å². The van der Waals surface area contributed by atoms with Gasteiger partial charge in [0.2, 0.25) is 5.88 Å². The molecule has 4 aromatic rings. The Balaban J connectivity index is 1.81. The summed E-state index contributed by atoms with van der Waals surface area (Å²) < 4.78 is 6.09. The second kappa shape index (κ2) is 6.54. The van der Waals surface area contributed by atoms with Crippen LogP contribution >= 0.6 is 11.6 Å². The highest BCUT2D eigenvalue weighted by molar-refractivity contribution is 6.32. The topological polar surface area (TPSA) is 35.0 Å². The lowest BCUT2D eigenvalue weighted by Crippen LogP contribution is -1.93. The van der Waals surface area contributed by atoms with Gasteiger partial charge in [0, 0.05) is 29.4 Å². The number of nitrogens with zero attached hydrogens (tertiary/aromatic N) is 2. The van der Waals surface area contributed by atoms with Crippen LogP contribution in [0.25, 0.3) is 22.0 Å². The number of pyridine rings is 2. The third-order valence-corrected chi connectivity index (χ3v) is 4.22. The van der Waals surface area contributed by atoms with Crippen LogP contribution in [0.1, 0.15) is 5.56 Å². The molecule has 0 spiro atoms. The van der Waals surface area contributed by atoms with Gasteiger partial charge in [0.05, 0.1) is 10.5 Å². The number of aryl methyl sites for hydroxylation is 1. The average molecular weight is 347 g/mol. The fourth-order valence-electron chi connectivity index (χ4n) is 2.77. The molecular formula is C21H15ClN2O. The summed E-state index contributed by atoms with van der Waals surface area (Å²) in [5, 5.41) is 1.53. The van der Waals surface area contributed by atoms with E-state index in [0.29, 0.717) is 16.7 Å². The number of fused-ring (bicyclic) bond motifs is 1. The van der Waals surface area contributed by atoms with E-state index in [2.05, 4.69) is 16.0 Å². The maximum Gasteiger partial charge on any atom is 0.219 e. The largest absolute Gasteiger partial charge is 0.437 e. The highest BCUT2D eigenvalue weighted by Gasteiger charge is 2.14. The van der Waals surface area contributed by atoms with Gasteiger partial charge >= 0.3 is 0 Å². The second-order valence-corrected chi connectivity index (χ2v) is 6.22. The normalized spacial score (nSPS) is 10.8. The molecule has 0 N–H and O–H groups in total. The van der Waals surface area contributed by atoms with Gasteiger partial charge in [-0.25, -0.2) is 4.98 Å². The molecule has 0 fully saturated rings. The first-order chi connectivity index (χ1) is 12.2. The molecule has 0 aliphatic heterocycles. The van der Waals surface area contributed by atoms with Crippen molar-refractivity contribution in [2.45, 2.75) is 6.92 Å². The molecule has 0 bridgehead atoms. The second-order valence-electron chi connectivity index (χ2n) is 5.81. The summed E-state index contributed by atoms with van der Waals surface area (Å²) in [6.07, 6.45) is 3.49. The summed E-state index contributed by atoms with van der Waals surface area (Å²) in [5.74, 6) is 1.11. The van der Waals surface area contributed by atoms with Gasteiger partial charge in [-0.2, -0.15) is 0 Å². The maximum atomic E-state index is 6.49. The minimum atomic E-state index is 0.502. The van der Waals surface area contributed by atoms with Crippen molar-refractivity contribution in [2.24, 2.45) is 0 Å². The van der Waals surface area contributed by atoms with Crippen LogP contribution in [0.3, 0.4) is 0 Å². The van der Waals surface area contributed by atoms with Crippen molar-refractivity contribution in [1.29, 1.82) is 0 Å². The van der Waals surface area contributed by atoms with Gasteiger partial charge in [0.15, 0.2) is 5.75 Å². The van der Waals surface area contributed by atoms with Crippen molar-refractivity contribution in [2.75, 3.05) is 0 Å². The zero-order chi connectivity index (χ0) is 17.2. The van der Waals surface area contributed by atoms with Crippen LogP contribution in [0.2, 0.25) is 5.02 Å². The standard InChI is InChI=1S/C21H15ClN2O/c1-14-11-17(15-5-3-2-4-6-15)21(18(22)12-14)25-20-8-7-16-13-23-10-9-19(16)24-20/h2-13H,1H3. The molecule has 0 aliphatic rings. The van der Waals surface area contributed by atoms with E-state index in [0.717, 1.165) is 27.6 Å². The summed E-state index contributed by atoms with van der Waals surface area (Å²) >= 11 is 6.49. The monoisotopic (exact) mass is 346 g/mol. The Kier molecular flexibility index (Phi) is 4.08. The van der Waals surface area contributed by atoms with Gasteiger partial charge in [0.1, 0.15) is 0 Å². The van der Waals surface area contributed by atoms with Gasteiger partial charge in [-0.1, -0.05) is 41.9 Å². The van der Waals surface area contributed by atoms with E-state index in [9.17, 15) is 0 Å². The van der Waals surface area contributed by atoms with Crippen molar-refractivity contribution >= 4 is 22.5 Å². The average Bonchev–Trinajstić information content (AvgIpc) is 2.64. The van der Waals surface area contributed by atoms with Gasteiger partial charge in [-0.05, 0) is 42.3 Å². The lowest BCUT2D eigenvalue weighted by atomic mass is 10.0. The lowest BCUT2D eigenvalue weighted by Gasteiger charge is -2.14. The molecule has 0 unspecified atom stereocenters. The van der Waals surface area contributed by atoms with Crippen LogP contribution in [-0.2, 0) is 0 Å². The van der Waals surface area contributed by atoms with Crippen molar-refractivity contribution in [3.05, 3.63) is 83.6 Å². The molecular weight excluding hydrogens is 332 g/mol. The molecule has 2 heterocycles. The molecule has 25 heavy (non-hydrogen) atoms. The van der Waals surface area contributed by atoms with E-state index in [1.165, 1.54) is 0 Å². The number of halogens is 1. The van der Waals surface area contributed by atoms with Crippen molar-refractivity contribution in [3.63, 3.8) is 0 Å². The molecule has 122 valence electrons. The summed E-state index contributed by atoms with van der Waals surface area (Å²) in [4.78, 5) is 8.65. The van der Waals surface area contributed by atoms with Gasteiger partial charge < -0.3 is 4.74 Å². The predicted octanol–water partition coefficient (Wildman–Crippen LogP) is 6.05. The summed E-state index contributed by atoms with van der Waals surface area (Å²) in [7, 11) is 0. The Hall–Kier alpha value is -2.91. The Bertz CT molecular complexity index is 1050. The number of benzene rings is 2. The number of rotatable bonds is 3. The number of ether oxygens (including phenoxy) is 1. The van der Waals surface area contributed by atoms with Crippen molar-refractivity contribution < 1.29 is 4.74 Å². The van der Waals surface area contributed by atoms with Gasteiger partial charge in [-0.15, -0.1) is 0 Å². The van der Waals surface area contributed by atoms with E-state index < -0.39 is 0 Å². The molecule has 4 rings (SSSR count). The molecule has 2 aromatic carbocycles. The van der Waals surface area contributed by atoms with Gasteiger partial charge in [-0.3, -0.25) is 4.98 Å². The van der Waals surface area contributed by atoms with Crippen LogP contribution in [-0.4, -0.2) is 9.97 Å². The molecule has 0 saturated carbocycles. The fourth-order valence-corrected chi connectivity index (χ4v) is 3.09. The van der Waals surface area contributed by atoms with Crippen molar-refractivity contribution in [1.82, 2.24) is 9.97 Å². The molecule has 0 radical (unpaired) electrons. The Morgan fingerprint density at radius 1 is 0.960 bits per heavy atom. The number of hydrogen-bond acceptors (Lipinski definition) is 3. The van der Waals surface area contributed by atoms with Crippen LogP contribution in [0.15, 0.2) is 73.1 Å². The minimum Gasteiger partial charge on any atom is -0.437 e. The fraction of sp³-hybridized carbons (Fsp3) is 0.0476. The van der Waals surface area contributed by atoms with E-state index in [1.807, 2.05) is 61.5 Å². The first-order valence-corrected chi connectivity index (χ1v) is 8.33. The van der Waals surface area contributed by atoms with E-state index in [4.69, 9.17) is 16.3 Å². The molecule has 0 atom stereocenters. The molecule has 4 heteroatoms. The van der Waals surface area contributed by atoms with Crippen LogP contribution in [0.5, 0.6) is 11.6 Å². The number of hydrogen-bond donors (Lipinski definition) is 0. The first kappa shape index (κ1) is 15.6. The van der Waals surface area contributed by atoms with Crippen molar-refractivity contribution in [3.8, 4) is 22.8 Å². The first-order valence-electron chi connectivity index (χ1n) is 7.95. The maximum absolute atomic E-state index is 6.49. The lowest BCUT2D eigenvalue weighted by molar-refractivity contribution is 0.467. The van der Waals surface area contributed by atoms with E-state index >= 15 is 0 Å². The summed E-state index contributed by atoms with van der Waals surface area (Å²) in [5.41, 5.74) is 3.90. The Morgan fingerprint density at radius 2 is 1.80 bits per heavy atom. The van der Waals surface area contributed by atoms with E-state index in [1.54, 1.807) is 12.4 Å². The van der Waals surface area contributed by atoms with Crippen LogP contribution < -0.4 is 4.74 Å². The summed E-state index contributed by atoms with van der Waals surface area (Å²) in [6, 6.07) is 19.7. The smallest absolute Gasteiger partial charge is 0.219 e. The molecule has 0 saturated heterocycles. The zero-order valence-corrected chi connectivity index (χ0v) is 14.4. The zero-order valence-electron chi connectivity index (χ0n) is 13.6. The molecule has 0 amide bonds. The molecule has 2 aromatic heterocycles. The van der Waals surface area contributed by atoms with Crippen LogP contribution in [0, 0.1) is 6.92 Å². The number of aromatic nitrogens is 2. The quantitative estimate of drug-likeness (QED) is 0.453. The van der Waals surface area contributed by atoms with E-state index in [-0.39, 0.29) is 0 Å². The third kappa shape index (κ3) is 3.19. The molecule has 0 aliphatic carbocycles. The Morgan fingerprint density at radius 3 is 2.64 bits per heavy atom. The molecule has 3 nitrogen and oxygen atoms in total. The Labute approximate surface area is 150 Å². The predicted molar refractivity (Wildman–Crippen MR) is 101 cm³/mol. The minimum absolute atomic E-state index is 0.502. The SMILES string of the molecule is Cc1cc(Cl)c(Oc2ccc3cnccc3n2)c(-c2ccccc2)c1. The summed E-state index contributed by atoms with van der Waals surface area (Å²) in [6.45, 7) is 2.02.